The van der Waals surface area contributed by atoms with Crippen LogP contribution in [0, 0.1) is 0 Å². The number of benzene rings is 1. The zero-order valence-electron chi connectivity index (χ0n) is 16.8. The van der Waals surface area contributed by atoms with E-state index in [1.807, 2.05) is 12.1 Å². The van der Waals surface area contributed by atoms with Crippen molar-refractivity contribution < 1.29 is 19.1 Å². The van der Waals surface area contributed by atoms with Crippen LogP contribution in [0.1, 0.15) is 43.1 Å². The number of hydrogen-bond donors (Lipinski definition) is 3. The molecule has 2 aromatic rings. The zero-order chi connectivity index (χ0) is 21.3. The predicted molar refractivity (Wildman–Crippen MR) is 109 cm³/mol. The lowest BCUT2D eigenvalue weighted by Crippen LogP contribution is -2.34. The maximum Gasteiger partial charge on any atom is 0.407 e. The Morgan fingerprint density at radius 2 is 1.62 bits per heavy atom. The number of aromatic nitrogens is 1. The van der Waals surface area contributed by atoms with Crippen molar-refractivity contribution in [1.29, 1.82) is 0 Å². The first-order chi connectivity index (χ1) is 13.7. The van der Waals surface area contributed by atoms with E-state index in [-0.39, 0.29) is 24.8 Å². The Labute approximate surface area is 170 Å². The Hall–Kier alpha value is -3.42. The lowest BCUT2D eigenvalue weighted by molar-refractivity contribution is -0.116. The topological polar surface area (TPSA) is 109 Å². The average Bonchev–Trinajstić information content (AvgIpc) is 2.66. The second-order valence-corrected chi connectivity index (χ2v) is 7.34. The molecule has 29 heavy (non-hydrogen) atoms. The smallest absolute Gasteiger partial charge is 0.407 e. The standard InChI is InChI=1S/C21H26N4O4/c1-21(2,3)29-20(28)23-13-10-18(26)25-17-6-4-15(5-7-17)14-24-19(27)16-8-11-22-12-9-16/h4-9,11-12H,10,13-14H2,1-3H3,(H,23,28)(H,24,27)(H,25,26). The van der Waals surface area contributed by atoms with Crippen molar-refractivity contribution >= 4 is 23.6 Å². The van der Waals surface area contributed by atoms with Gasteiger partial charge in [0.05, 0.1) is 0 Å². The summed E-state index contributed by atoms with van der Waals surface area (Å²) in [4.78, 5) is 39.4. The van der Waals surface area contributed by atoms with E-state index in [2.05, 4.69) is 20.9 Å². The average molecular weight is 398 g/mol. The minimum absolute atomic E-state index is 0.128. The molecule has 0 radical (unpaired) electrons. The molecule has 0 atom stereocenters. The van der Waals surface area contributed by atoms with Crippen molar-refractivity contribution in [2.75, 3.05) is 11.9 Å². The first kappa shape index (κ1) is 21.9. The summed E-state index contributed by atoms with van der Waals surface area (Å²) < 4.78 is 5.10. The minimum atomic E-state index is -0.578. The number of pyridine rings is 1. The van der Waals surface area contributed by atoms with Crippen LogP contribution in [0.3, 0.4) is 0 Å². The summed E-state index contributed by atoms with van der Waals surface area (Å²) in [5, 5.41) is 8.12. The molecule has 8 nitrogen and oxygen atoms in total. The van der Waals surface area contributed by atoms with E-state index in [1.165, 1.54) is 0 Å². The second kappa shape index (κ2) is 10.2. The molecule has 0 unspecified atom stereocenters. The highest BCUT2D eigenvalue weighted by molar-refractivity contribution is 5.94. The number of nitrogens with one attached hydrogen (secondary N) is 3. The molecule has 0 aliphatic heterocycles. The molecule has 1 heterocycles. The van der Waals surface area contributed by atoms with Gasteiger partial charge in [-0.1, -0.05) is 12.1 Å². The van der Waals surface area contributed by atoms with Crippen molar-refractivity contribution in [3.8, 4) is 0 Å². The Kier molecular flexibility index (Phi) is 7.70. The number of amides is 3. The Bertz CT molecular complexity index is 830. The van der Waals surface area contributed by atoms with E-state index in [1.54, 1.807) is 57.4 Å². The number of ether oxygens (including phenoxy) is 1. The van der Waals surface area contributed by atoms with Gasteiger partial charge in [0.1, 0.15) is 5.60 Å². The predicted octanol–water partition coefficient (Wildman–Crippen LogP) is 2.86. The molecule has 0 spiro atoms. The molecule has 0 saturated heterocycles. The van der Waals surface area contributed by atoms with E-state index in [0.717, 1.165) is 5.56 Å². The first-order valence-electron chi connectivity index (χ1n) is 9.27. The quantitative estimate of drug-likeness (QED) is 0.664. The Morgan fingerprint density at radius 3 is 2.24 bits per heavy atom. The molecule has 0 aliphatic rings. The van der Waals surface area contributed by atoms with Gasteiger partial charge in [-0.2, -0.15) is 0 Å². The third-order valence-corrected chi connectivity index (χ3v) is 3.65. The SMILES string of the molecule is CC(C)(C)OC(=O)NCCC(=O)Nc1ccc(CNC(=O)c2ccncc2)cc1. The third kappa shape index (κ3) is 8.42. The summed E-state index contributed by atoms with van der Waals surface area (Å²) in [5.41, 5.74) is 1.50. The number of carbonyl (C=O) groups is 3. The number of nitrogens with zero attached hydrogens (tertiary/aromatic N) is 1. The van der Waals surface area contributed by atoms with E-state index in [9.17, 15) is 14.4 Å². The summed E-state index contributed by atoms with van der Waals surface area (Å²) in [6.45, 7) is 5.86. The van der Waals surface area contributed by atoms with Crippen LogP contribution in [0.4, 0.5) is 10.5 Å². The molecular weight excluding hydrogens is 372 g/mol. The van der Waals surface area contributed by atoms with Crippen LogP contribution in [0.25, 0.3) is 0 Å². The van der Waals surface area contributed by atoms with Gasteiger partial charge >= 0.3 is 6.09 Å². The fourth-order valence-corrected chi connectivity index (χ4v) is 2.31. The van der Waals surface area contributed by atoms with Crippen molar-refractivity contribution in [3.05, 3.63) is 59.9 Å². The molecular formula is C21H26N4O4. The minimum Gasteiger partial charge on any atom is -0.444 e. The van der Waals surface area contributed by atoms with Gasteiger partial charge in [0.2, 0.25) is 5.91 Å². The van der Waals surface area contributed by atoms with Gasteiger partial charge in [0, 0.05) is 43.2 Å². The van der Waals surface area contributed by atoms with Crippen molar-refractivity contribution in [1.82, 2.24) is 15.6 Å². The number of hydrogen-bond acceptors (Lipinski definition) is 5. The van der Waals surface area contributed by atoms with E-state index >= 15 is 0 Å². The molecule has 2 rings (SSSR count). The molecule has 8 heteroatoms. The van der Waals surface area contributed by atoms with Crippen LogP contribution in [-0.2, 0) is 16.1 Å². The monoisotopic (exact) mass is 398 g/mol. The van der Waals surface area contributed by atoms with Crippen LogP contribution in [0.15, 0.2) is 48.8 Å². The molecule has 154 valence electrons. The molecule has 0 aliphatic carbocycles. The van der Waals surface area contributed by atoms with Crippen LogP contribution < -0.4 is 16.0 Å². The molecule has 0 bridgehead atoms. The number of rotatable bonds is 7. The van der Waals surface area contributed by atoms with Crippen molar-refractivity contribution in [2.45, 2.75) is 39.3 Å². The summed E-state index contributed by atoms with van der Waals surface area (Å²) in [5.74, 6) is -0.401. The summed E-state index contributed by atoms with van der Waals surface area (Å²) >= 11 is 0. The largest absolute Gasteiger partial charge is 0.444 e. The first-order valence-corrected chi connectivity index (χ1v) is 9.27. The van der Waals surface area contributed by atoms with Crippen LogP contribution in [0.5, 0.6) is 0 Å². The molecule has 1 aromatic carbocycles. The lowest BCUT2D eigenvalue weighted by Gasteiger charge is -2.19. The molecule has 3 amide bonds. The molecule has 0 saturated carbocycles. The molecule has 0 fully saturated rings. The van der Waals surface area contributed by atoms with Crippen LogP contribution >= 0.6 is 0 Å². The molecule has 1 aromatic heterocycles. The van der Waals surface area contributed by atoms with Gasteiger partial charge in [-0.05, 0) is 50.6 Å². The number of alkyl carbamates (subject to hydrolysis) is 1. The van der Waals surface area contributed by atoms with Crippen molar-refractivity contribution in [3.63, 3.8) is 0 Å². The van der Waals surface area contributed by atoms with Gasteiger partial charge < -0.3 is 20.7 Å². The van der Waals surface area contributed by atoms with Gasteiger partial charge in [-0.3, -0.25) is 14.6 Å². The number of anilines is 1. The van der Waals surface area contributed by atoms with E-state index in [0.29, 0.717) is 17.8 Å². The summed E-state index contributed by atoms with van der Waals surface area (Å²) in [6.07, 6.45) is 2.71. The van der Waals surface area contributed by atoms with Gasteiger partial charge in [0.25, 0.3) is 5.91 Å². The van der Waals surface area contributed by atoms with E-state index < -0.39 is 11.7 Å². The summed E-state index contributed by atoms with van der Waals surface area (Å²) in [6, 6.07) is 10.4. The maximum atomic E-state index is 12.0. The second-order valence-electron chi connectivity index (χ2n) is 7.34. The van der Waals surface area contributed by atoms with Gasteiger partial charge in [-0.15, -0.1) is 0 Å². The fraction of sp³-hybridized carbons (Fsp3) is 0.333. The lowest BCUT2D eigenvalue weighted by atomic mass is 10.2. The fourth-order valence-electron chi connectivity index (χ4n) is 2.31. The normalized spacial score (nSPS) is 10.7. The van der Waals surface area contributed by atoms with Gasteiger partial charge in [0.15, 0.2) is 0 Å². The Balaban J connectivity index is 1.72. The highest BCUT2D eigenvalue weighted by Crippen LogP contribution is 2.10. The summed E-state index contributed by atoms with van der Waals surface area (Å²) in [7, 11) is 0. The van der Waals surface area contributed by atoms with Crippen LogP contribution in [0.2, 0.25) is 0 Å². The van der Waals surface area contributed by atoms with Crippen molar-refractivity contribution in [2.24, 2.45) is 0 Å². The zero-order valence-corrected chi connectivity index (χ0v) is 16.8. The molecule has 3 N–H and O–H groups in total. The maximum absolute atomic E-state index is 12.0. The van der Waals surface area contributed by atoms with E-state index in [4.69, 9.17) is 4.74 Å². The number of carbonyl (C=O) groups excluding carboxylic acids is 3. The van der Waals surface area contributed by atoms with Gasteiger partial charge in [-0.25, -0.2) is 4.79 Å². The van der Waals surface area contributed by atoms with Crippen LogP contribution in [-0.4, -0.2) is 35.0 Å². The highest BCUT2D eigenvalue weighted by Gasteiger charge is 2.15. The third-order valence-electron chi connectivity index (χ3n) is 3.65. The Morgan fingerprint density at radius 1 is 0.966 bits per heavy atom. The highest BCUT2D eigenvalue weighted by atomic mass is 16.6.